The van der Waals surface area contributed by atoms with E-state index in [1.54, 1.807) is 11.3 Å². The van der Waals surface area contributed by atoms with E-state index in [9.17, 15) is 0 Å². The molecule has 0 atom stereocenters. The molecule has 1 aromatic heterocycles. The van der Waals surface area contributed by atoms with E-state index in [4.69, 9.17) is 11.6 Å². The Balaban J connectivity index is 2.01. The van der Waals surface area contributed by atoms with Gasteiger partial charge in [0, 0.05) is 28.2 Å². The van der Waals surface area contributed by atoms with Crippen LogP contribution in [0.3, 0.4) is 0 Å². The topological polar surface area (TPSA) is 8.17 Å². The van der Waals surface area contributed by atoms with Gasteiger partial charge in [0.25, 0.3) is 0 Å². The second kappa shape index (κ2) is 5.79. The van der Waals surface area contributed by atoms with E-state index < -0.39 is 0 Å². The highest BCUT2D eigenvalue weighted by atomic mass is 35.5. The maximum atomic E-state index is 6.20. The zero-order valence-corrected chi connectivity index (χ0v) is 13.2. The third kappa shape index (κ3) is 2.59. The predicted molar refractivity (Wildman–Crippen MR) is 86.8 cm³/mol. The fraction of sp³-hybridized carbons (Fsp3) is 0.529. The molecule has 1 aliphatic carbocycles. The molecule has 3 heteroatoms. The number of rotatable bonds is 4. The Labute approximate surface area is 126 Å². The number of hydrogen-bond donors (Lipinski definition) is 0. The second-order valence-electron chi connectivity index (χ2n) is 6.10. The molecule has 0 saturated carbocycles. The van der Waals surface area contributed by atoms with E-state index in [-0.39, 0.29) is 0 Å². The van der Waals surface area contributed by atoms with Crippen LogP contribution in [0.4, 0.5) is 0 Å². The summed E-state index contributed by atoms with van der Waals surface area (Å²) in [4.78, 5) is 2.26. The summed E-state index contributed by atoms with van der Waals surface area (Å²) in [6.45, 7) is 2.26. The first-order valence-corrected chi connectivity index (χ1v) is 7.99. The molecular formula is C17H23ClN2. The van der Waals surface area contributed by atoms with Crippen LogP contribution in [0.5, 0.6) is 0 Å². The van der Waals surface area contributed by atoms with E-state index in [2.05, 4.69) is 35.7 Å². The molecule has 0 saturated heterocycles. The average molecular weight is 291 g/mol. The van der Waals surface area contributed by atoms with Gasteiger partial charge in [-0.15, -0.1) is 0 Å². The lowest BCUT2D eigenvalue weighted by Gasteiger charge is -2.17. The summed E-state index contributed by atoms with van der Waals surface area (Å²) in [6.07, 6.45) is 6.28. The van der Waals surface area contributed by atoms with Crippen LogP contribution < -0.4 is 0 Å². The lowest BCUT2D eigenvalue weighted by molar-refractivity contribution is 0.386. The summed E-state index contributed by atoms with van der Waals surface area (Å²) in [5, 5.41) is 2.24. The molecule has 2 nitrogen and oxygen atoms in total. The minimum absolute atomic E-state index is 0.858. The molecule has 20 heavy (non-hydrogen) atoms. The number of hydrogen-bond acceptors (Lipinski definition) is 1. The van der Waals surface area contributed by atoms with Crippen LogP contribution in [-0.2, 0) is 19.4 Å². The van der Waals surface area contributed by atoms with E-state index in [0.717, 1.165) is 18.1 Å². The third-order valence-electron chi connectivity index (χ3n) is 4.33. The van der Waals surface area contributed by atoms with Gasteiger partial charge < -0.3 is 9.47 Å². The minimum Gasteiger partial charge on any atom is -0.344 e. The van der Waals surface area contributed by atoms with Crippen molar-refractivity contribution >= 4 is 22.5 Å². The van der Waals surface area contributed by atoms with Crippen molar-refractivity contribution in [3.05, 3.63) is 34.5 Å². The van der Waals surface area contributed by atoms with Crippen molar-refractivity contribution < 1.29 is 0 Å². The summed E-state index contributed by atoms with van der Waals surface area (Å²) in [5.41, 5.74) is 4.49. The number of halogens is 1. The molecule has 0 N–H and O–H groups in total. The quantitative estimate of drug-likeness (QED) is 0.822. The van der Waals surface area contributed by atoms with Gasteiger partial charge in [-0.05, 0) is 76.5 Å². The Hall–Kier alpha value is -0.990. The predicted octanol–water partition coefficient (Wildman–Crippen LogP) is 4.13. The molecule has 0 radical (unpaired) electrons. The number of aryl methyl sites for hydroxylation is 2. The Morgan fingerprint density at radius 3 is 2.80 bits per heavy atom. The summed E-state index contributed by atoms with van der Waals surface area (Å²) in [7, 11) is 4.28. The molecule has 0 fully saturated rings. The lowest BCUT2D eigenvalue weighted by Crippen LogP contribution is -2.16. The van der Waals surface area contributed by atoms with E-state index in [1.807, 2.05) is 6.07 Å². The number of nitrogens with zero attached hydrogens (tertiary/aromatic N) is 2. The van der Waals surface area contributed by atoms with Gasteiger partial charge in [-0.25, -0.2) is 0 Å². The van der Waals surface area contributed by atoms with Crippen molar-refractivity contribution in [1.29, 1.82) is 0 Å². The Bertz CT molecular complexity index is 613. The number of aromatic nitrogens is 1. The normalized spacial score (nSPS) is 15.0. The number of benzene rings is 1. The van der Waals surface area contributed by atoms with Crippen LogP contribution in [0.1, 0.15) is 30.5 Å². The molecule has 0 spiro atoms. The van der Waals surface area contributed by atoms with E-state index >= 15 is 0 Å². The summed E-state index contributed by atoms with van der Waals surface area (Å²) >= 11 is 6.20. The zero-order chi connectivity index (χ0) is 14.1. The van der Waals surface area contributed by atoms with Gasteiger partial charge in [0.2, 0.25) is 0 Å². The fourth-order valence-corrected chi connectivity index (χ4v) is 3.58. The van der Waals surface area contributed by atoms with Gasteiger partial charge in [-0.1, -0.05) is 11.6 Å². The highest BCUT2D eigenvalue weighted by Crippen LogP contribution is 2.33. The van der Waals surface area contributed by atoms with Crippen LogP contribution in [0, 0.1) is 0 Å². The van der Waals surface area contributed by atoms with Crippen LogP contribution in [0.15, 0.2) is 18.2 Å². The molecule has 1 heterocycles. The van der Waals surface area contributed by atoms with Gasteiger partial charge in [0.1, 0.15) is 0 Å². The average Bonchev–Trinajstić information content (AvgIpc) is 2.73. The van der Waals surface area contributed by atoms with Crippen molar-refractivity contribution in [3.8, 4) is 0 Å². The van der Waals surface area contributed by atoms with Crippen molar-refractivity contribution in [1.82, 2.24) is 9.47 Å². The SMILES string of the molecule is CN(C)CCCn1c2c(c3cc(Cl)ccc31)CCCC2. The first kappa shape index (κ1) is 14.0. The highest BCUT2D eigenvalue weighted by Gasteiger charge is 2.19. The smallest absolute Gasteiger partial charge is 0.0486 e. The first-order chi connectivity index (χ1) is 9.66. The summed E-state index contributed by atoms with van der Waals surface area (Å²) < 4.78 is 2.55. The first-order valence-electron chi connectivity index (χ1n) is 7.61. The minimum atomic E-state index is 0.858. The highest BCUT2D eigenvalue weighted by molar-refractivity contribution is 6.31. The zero-order valence-electron chi connectivity index (χ0n) is 12.5. The van der Waals surface area contributed by atoms with E-state index in [0.29, 0.717) is 0 Å². The monoisotopic (exact) mass is 290 g/mol. The van der Waals surface area contributed by atoms with E-state index in [1.165, 1.54) is 43.0 Å². The largest absolute Gasteiger partial charge is 0.344 e. The molecule has 1 aromatic carbocycles. The van der Waals surface area contributed by atoms with Gasteiger partial charge in [0.05, 0.1) is 0 Å². The van der Waals surface area contributed by atoms with Crippen molar-refractivity contribution in [2.24, 2.45) is 0 Å². The fourth-order valence-electron chi connectivity index (χ4n) is 3.41. The Kier molecular flexibility index (Phi) is 4.04. The van der Waals surface area contributed by atoms with Gasteiger partial charge in [-0.2, -0.15) is 0 Å². The summed E-state index contributed by atoms with van der Waals surface area (Å²) in [6, 6.07) is 6.38. The van der Waals surface area contributed by atoms with Crippen molar-refractivity contribution in [2.75, 3.05) is 20.6 Å². The molecule has 1 aliphatic rings. The molecule has 0 unspecified atom stereocenters. The van der Waals surface area contributed by atoms with Crippen molar-refractivity contribution in [2.45, 2.75) is 38.6 Å². The third-order valence-corrected chi connectivity index (χ3v) is 4.56. The Morgan fingerprint density at radius 1 is 1.20 bits per heavy atom. The van der Waals surface area contributed by atoms with Gasteiger partial charge >= 0.3 is 0 Å². The van der Waals surface area contributed by atoms with Crippen LogP contribution in [0.25, 0.3) is 10.9 Å². The maximum Gasteiger partial charge on any atom is 0.0486 e. The van der Waals surface area contributed by atoms with Gasteiger partial charge in [0.15, 0.2) is 0 Å². The van der Waals surface area contributed by atoms with Crippen LogP contribution in [0.2, 0.25) is 5.02 Å². The molecule has 108 valence electrons. The standard InChI is InChI=1S/C17H23ClN2/c1-19(2)10-5-11-20-16-7-4-3-6-14(16)15-12-13(18)8-9-17(15)20/h8-9,12H,3-7,10-11H2,1-2H3. The summed E-state index contributed by atoms with van der Waals surface area (Å²) in [5.74, 6) is 0. The molecule has 0 bridgehead atoms. The van der Waals surface area contributed by atoms with Crippen molar-refractivity contribution in [3.63, 3.8) is 0 Å². The molecule has 0 amide bonds. The van der Waals surface area contributed by atoms with Crippen LogP contribution in [-0.4, -0.2) is 30.1 Å². The molecular weight excluding hydrogens is 268 g/mol. The second-order valence-corrected chi connectivity index (χ2v) is 6.54. The Morgan fingerprint density at radius 2 is 2.00 bits per heavy atom. The molecule has 2 aromatic rings. The lowest BCUT2D eigenvalue weighted by atomic mass is 9.95. The maximum absolute atomic E-state index is 6.20. The van der Waals surface area contributed by atoms with Gasteiger partial charge in [-0.3, -0.25) is 0 Å². The molecule has 3 rings (SSSR count). The van der Waals surface area contributed by atoms with Crippen LogP contribution >= 0.6 is 11.6 Å². The number of fused-ring (bicyclic) bond motifs is 3. The molecule has 0 aliphatic heterocycles.